The molecule has 0 bridgehead atoms. The van der Waals surface area contributed by atoms with Gasteiger partial charge < -0.3 is 9.73 Å². The van der Waals surface area contributed by atoms with Crippen molar-refractivity contribution in [1.29, 1.82) is 0 Å². The highest BCUT2D eigenvalue weighted by Crippen LogP contribution is 2.17. The van der Waals surface area contributed by atoms with Crippen LogP contribution in [0.4, 0.5) is 0 Å². The van der Waals surface area contributed by atoms with Crippen LogP contribution in [0.15, 0.2) is 10.7 Å². The second kappa shape index (κ2) is 5.84. The summed E-state index contributed by atoms with van der Waals surface area (Å²) in [5, 5.41) is 3.10. The predicted molar refractivity (Wildman–Crippen MR) is 64.6 cm³/mol. The second-order valence-electron chi connectivity index (χ2n) is 4.76. The molecule has 0 saturated heterocycles. The SMILES string of the molecule is Cc1nc(CCC(=O)NC2CCCCC2)co1. The summed E-state index contributed by atoms with van der Waals surface area (Å²) in [5.74, 6) is 0.797. The highest BCUT2D eigenvalue weighted by molar-refractivity contribution is 5.76. The molecule has 17 heavy (non-hydrogen) atoms. The van der Waals surface area contributed by atoms with Crippen LogP contribution in [0.3, 0.4) is 0 Å². The van der Waals surface area contributed by atoms with Crippen molar-refractivity contribution in [1.82, 2.24) is 10.3 Å². The Morgan fingerprint density at radius 2 is 2.24 bits per heavy atom. The number of carbonyl (C=O) groups is 1. The molecule has 4 heteroatoms. The first kappa shape index (κ1) is 12.1. The molecule has 0 aliphatic heterocycles. The minimum absolute atomic E-state index is 0.137. The highest BCUT2D eigenvalue weighted by Gasteiger charge is 2.15. The van der Waals surface area contributed by atoms with Gasteiger partial charge in [-0.3, -0.25) is 4.79 Å². The fraction of sp³-hybridized carbons (Fsp3) is 0.692. The van der Waals surface area contributed by atoms with Gasteiger partial charge in [-0.25, -0.2) is 4.98 Å². The zero-order valence-corrected chi connectivity index (χ0v) is 10.4. The molecule has 0 atom stereocenters. The number of carbonyl (C=O) groups excluding carboxylic acids is 1. The van der Waals surface area contributed by atoms with Gasteiger partial charge in [0.1, 0.15) is 6.26 Å². The van der Waals surface area contributed by atoms with E-state index in [9.17, 15) is 4.79 Å². The zero-order chi connectivity index (χ0) is 12.1. The molecule has 94 valence electrons. The molecule has 4 nitrogen and oxygen atoms in total. The lowest BCUT2D eigenvalue weighted by molar-refractivity contribution is -0.122. The molecule has 1 amide bonds. The molecule has 1 aliphatic carbocycles. The van der Waals surface area contributed by atoms with E-state index in [0.29, 0.717) is 24.8 Å². The van der Waals surface area contributed by atoms with Gasteiger partial charge in [0.2, 0.25) is 5.91 Å². The van der Waals surface area contributed by atoms with Gasteiger partial charge >= 0.3 is 0 Å². The molecule has 1 saturated carbocycles. The molecule has 0 aromatic carbocycles. The number of aromatic nitrogens is 1. The Hall–Kier alpha value is -1.32. The maximum atomic E-state index is 11.7. The minimum Gasteiger partial charge on any atom is -0.449 e. The number of hydrogen-bond acceptors (Lipinski definition) is 3. The predicted octanol–water partition coefficient (Wildman–Crippen LogP) is 2.36. The van der Waals surface area contributed by atoms with Crippen molar-refractivity contribution in [3.63, 3.8) is 0 Å². The van der Waals surface area contributed by atoms with Gasteiger partial charge in [-0.1, -0.05) is 19.3 Å². The highest BCUT2D eigenvalue weighted by atomic mass is 16.3. The van der Waals surface area contributed by atoms with Crippen LogP contribution in [0.5, 0.6) is 0 Å². The number of aryl methyl sites for hydroxylation is 2. The van der Waals surface area contributed by atoms with Crippen molar-refractivity contribution in [2.45, 2.75) is 57.9 Å². The van der Waals surface area contributed by atoms with Crippen LogP contribution in [-0.2, 0) is 11.2 Å². The number of hydrogen-bond donors (Lipinski definition) is 1. The third-order valence-electron chi connectivity index (χ3n) is 3.25. The molecule has 1 aliphatic rings. The van der Waals surface area contributed by atoms with Crippen LogP contribution in [-0.4, -0.2) is 16.9 Å². The number of nitrogens with zero attached hydrogens (tertiary/aromatic N) is 1. The second-order valence-corrected chi connectivity index (χ2v) is 4.76. The fourth-order valence-corrected chi connectivity index (χ4v) is 2.31. The van der Waals surface area contributed by atoms with Crippen molar-refractivity contribution in [3.8, 4) is 0 Å². The lowest BCUT2D eigenvalue weighted by atomic mass is 9.95. The third kappa shape index (κ3) is 3.88. The van der Waals surface area contributed by atoms with E-state index in [1.165, 1.54) is 19.3 Å². The van der Waals surface area contributed by atoms with E-state index in [1.807, 2.05) is 6.92 Å². The first-order valence-electron chi connectivity index (χ1n) is 6.44. The Labute approximate surface area is 102 Å². The van der Waals surface area contributed by atoms with E-state index >= 15 is 0 Å². The van der Waals surface area contributed by atoms with Crippen LogP contribution in [0.25, 0.3) is 0 Å². The summed E-state index contributed by atoms with van der Waals surface area (Å²) in [4.78, 5) is 15.9. The maximum Gasteiger partial charge on any atom is 0.220 e. The topological polar surface area (TPSA) is 55.1 Å². The fourth-order valence-electron chi connectivity index (χ4n) is 2.31. The molecule has 1 heterocycles. The summed E-state index contributed by atoms with van der Waals surface area (Å²) < 4.78 is 5.10. The smallest absolute Gasteiger partial charge is 0.220 e. The maximum absolute atomic E-state index is 11.7. The van der Waals surface area contributed by atoms with Crippen LogP contribution in [0.2, 0.25) is 0 Å². The average molecular weight is 236 g/mol. The lowest BCUT2D eigenvalue weighted by Gasteiger charge is -2.22. The Morgan fingerprint density at radius 1 is 1.47 bits per heavy atom. The normalized spacial score (nSPS) is 17.0. The van der Waals surface area contributed by atoms with E-state index in [0.717, 1.165) is 18.5 Å². The van der Waals surface area contributed by atoms with Gasteiger partial charge in [-0.05, 0) is 12.8 Å². The summed E-state index contributed by atoms with van der Waals surface area (Å²) in [7, 11) is 0. The van der Waals surface area contributed by atoms with E-state index in [-0.39, 0.29) is 5.91 Å². The van der Waals surface area contributed by atoms with Crippen LogP contribution < -0.4 is 5.32 Å². The van der Waals surface area contributed by atoms with Gasteiger partial charge in [0.25, 0.3) is 0 Å². The monoisotopic (exact) mass is 236 g/mol. The van der Waals surface area contributed by atoms with E-state index in [2.05, 4.69) is 10.3 Å². The molecule has 1 N–H and O–H groups in total. The summed E-state index contributed by atoms with van der Waals surface area (Å²) in [5.41, 5.74) is 0.862. The molecule has 0 radical (unpaired) electrons. The number of rotatable bonds is 4. The summed E-state index contributed by atoms with van der Waals surface area (Å²) in [6.45, 7) is 1.81. The molecular formula is C13H20N2O2. The van der Waals surface area contributed by atoms with Gasteiger partial charge in [-0.15, -0.1) is 0 Å². The molecule has 2 rings (SSSR count). The van der Waals surface area contributed by atoms with Gasteiger partial charge in [-0.2, -0.15) is 0 Å². The summed E-state index contributed by atoms with van der Waals surface area (Å²) in [6, 6.07) is 0.398. The van der Waals surface area contributed by atoms with Crippen LogP contribution in [0, 0.1) is 6.92 Å². The standard InChI is InChI=1S/C13H20N2O2/c1-10-14-12(9-17-10)7-8-13(16)15-11-5-3-2-4-6-11/h9,11H,2-8H2,1H3,(H,15,16). The van der Waals surface area contributed by atoms with Gasteiger partial charge in [0.15, 0.2) is 5.89 Å². The molecule has 0 unspecified atom stereocenters. The Bertz CT molecular complexity index is 367. The molecule has 1 aromatic heterocycles. The van der Waals surface area contributed by atoms with Crippen LogP contribution in [0.1, 0.15) is 50.1 Å². The van der Waals surface area contributed by atoms with Crippen molar-refractivity contribution in [3.05, 3.63) is 17.8 Å². The summed E-state index contributed by atoms with van der Waals surface area (Å²) >= 11 is 0. The Balaban J connectivity index is 1.70. The Kier molecular flexibility index (Phi) is 4.18. The van der Waals surface area contributed by atoms with Gasteiger partial charge in [0.05, 0.1) is 5.69 Å². The number of oxazole rings is 1. The first-order chi connectivity index (χ1) is 8.24. The molecular weight excluding hydrogens is 216 g/mol. The third-order valence-corrected chi connectivity index (χ3v) is 3.25. The lowest BCUT2D eigenvalue weighted by Crippen LogP contribution is -2.36. The number of nitrogens with one attached hydrogen (secondary N) is 1. The molecule has 1 fully saturated rings. The largest absolute Gasteiger partial charge is 0.449 e. The Morgan fingerprint density at radius 3 is 2.88 bits per heavy atom. The summed E-state index contributed by atoms with van der Waals surface area (Å²) in [6.07, 6.45) is 8.86. The first-order valence-corrected chi connectivity index (χ1v) is 6.44. The van der Waals surface area contributed by atoms with E-state index < -0.39 is 0 Å². The molecule has 0 spiro atoms. The molecule has 1 aromatic rings. The minimum atomic E-state index is 0.137. The zero-order valence-electron chi connectivity index (χ0n) is 10.4. The van der Waals surface area contributed by atoms with Crippen molar-refractivity contribution in [2.24, 2.45) is 0 Å². The van der Waals surface area contributed by atoms with E-state index in [1.54, 1.807) is 6.26 Å². The van der Waals surface area contributed by atoms with Crippen molar-refractivity contribution < 1.29 is 9.21 Å². The van der Waals surface area contributed by atoms with Crippen LogP contribution >= 0.6 is 0 Å². The van der Waals surface area contributed by atoms with E-state index in [4.69, 9.17) is 4.42 Å². The van der Waals surface area contributed by atoms with Crippen molar-refractivity contribution >= 4 is 5.91 Å². The number of amides is 1. The van der Waals surface area contributed by atoms with Gasteiger partial charge in [0, 0.05) is 25.8 Å². The average Bonchev–Trinajstić information content (AvgIpc) is 2.74. The quantitative estimate of drug-likeness (QED) is 0.873. The van der Waals surface area contributed by atoms with Crippen molar-refractivity contribution in [2.75, 3.05) is 0 Å².